The molecule has 0 aromatic carbocycles. The minimum Gasteiger partial charge on any atom is -0.383 e. The van der Waals surface area contributed by atoms with E-state index in [1.54, 1.807) is 7.11 Å². The van der Waals surface area contributed by atoms with Crippen molar-refractivity contribution < 1.29 is 9.53 Å². The number of hydrogen-bond acceptors (Lipinski definition) is 4. The lowest BCUT2D eigenvalue weighted by molar-refractivity contribution is -0.133. The Hall–Kier alpha value is -0.260. The number of thioether (sulfide) groups is 1. The summed E-state index contributed by atoms with van der Waals surface area (Å²) in [5.74, 6) is 1.37. The lowest BCUT2D eigenvalue weighted by Crippen LogP contribution is -2.53. The largest absolute Gasteiger partial charge is 0.383 e. The van der Waals surface area contributed by atoms with Crippen molar-refractivity contribution >= 4 is 17.7 Å². The SMILES string of the molecule is COCCNCC(=O)N1CCSC2CCCCC21. The molecule has 2 unspecified atom stereocenters. The lowest BCUT2D eigenvalue weighted by atomic mass is 9.93. The summed E-state index contributed by atoms with van der Waals surface area (Å²) in [7, 11) is 1.68. The van der Waals surface area contributed by atoms with Crippen molar-refractivity contribution in [1.82, 2.24) is 10.2 Å². The van der Waals surface area contributed by atoms with Crippen LogP contribution in [-0.4, -0.2) is 61.2 Å². The average molecular weight is 272 g/mol. The van der Waals surface area contributed by atoms with E-state index in [-0.39, 0.29) is 5.91 Å². The molecule has 1 aliphatic heterocycles. The third-order valence-corrected chi connectivity index (χ3v) is 5.21. The molecule has 1 aliphatic carbocycles. The molecule has 1 amide bonds. The molecule has 1 saturated carbocycles. The molecule has 104 valence electrons. The van der Waals surface area contributed by atoms with Crippen molar-refractivity contribution in [2.45, 2.75) is 37.0 Å². The molecule has 2 atom stereocenters. The molecular formula is C13H24N2O2S. The number of nitrogens with zero attached hydrogens (tertiary/aromatic N) is 1. The molecule has 1 heterocycles. The highest BCUT2D eigenvalue weighted by Crippen LogP contribution is 2.35. The van der Waals surface area contributed by atoms with Crippen LogP contribution in [0.2, 0.25) is 0 Å². The summed E-state index contributed by atoms with van der Waals surface area (Å²) < 4.78 is 4.96. The Morgan fingerprint density at radius 3 is 3.11 bits per heavy atom. The monoisotopic (exact) mass is 272 g/mol. The number of ether oxygens (including phenoxy) is 1. The van der Waals surface area contributed by atoms with E-state index in [2.05, 4.69) is 22.0 Å². The van der Waals surface area contributed by atoms with Crippen LogP contribution < -0.4 is 5.32 Å². The van der Waals surface area contributed by atoms with E-state index in [9.17, 15) is 4.79 Å². The van der Waals surface area contributed by atoms with Crippen molar-refractivity contribution in [2.24, 2.45) is 0 Å². The highest BCUT2D eigenvalue weighted by Gasteiger charge is 2.35. The van der Waals surface area contributed by atoms with Crippen molar-refractivity contribution in [3.8, 4) is 0 Å². The summed E-state index contributed by atoms with van der Waals surface area (Å²) in [5, 5.41) is 3.85. The van der Waals surface area contributed by atoms with Gasteiger partial charge in [-0.3, -0.25) is 4.79 Å². The van der Waals surface area contributed by atoms with Gasteiger partial charge in [-0.1, -0.05) is 12.8 Å². The predicted octanol–water partition coefficient (Wildman–Crippen LogP) is 1.11. The minimum atomic E-state index is 0.267. The zero-order chi connectivity index (χ0) is 12.8. The number of amides is 1. The second-order valence-corrected chi connectivity index (χ2v) is 6.36. The Morgan fingerprint density at radius 2 is 2.28 bits per heavy atom. The number of methoxy groups -OCH3 is 1. The molecule has 2 aliphatic rings. The van der Waals surface area contributed by atoms with Crippen LogP contribution in [0.1, 0.15) is 25.7 Å². The molecule has 4 nitrogen and oxygen atoms in total. The lowest BCUT2D eigenvalue weighted by Gasteiger charge is -2.43. The van der Waals surface area contributed by atoms with Gasteiger partial charge in [-0.2, -0.15) is 11.8 Å². The van der Waals surface area contributed by atoms with Crippen molar-refractivity contribution in [3.05, 3.63) is 0 Å². The number of nitrogens with one attached hydrogen (secondary N) is 1. The zero-order valence-electron chi connectivity index (χ0n) is 11.2. The topological polar surface area (TPSA) is 41.6 Å². The van der Waals surface area contributed by atoms with Gasteiger partial charge in [0.15, 0.2) is 0 Å². The fraction of sp³-hybridized carbons (Fsp3) is 0.923. The quantitative estimate of drug-likeness (QED) is 0.761. The molecule has 2 fully saturated rings. The van der Waals surface area contributed by atoms with Crippen LogP contribution >= 0.6 is 11.8 Å². The number of hydrogen-bond donors (Lipinski definition) is 1. The van der Waals surface area contributed by atoms with E-state index in [0.29, 0.717) is 24.4 Å². The number of carbonyl (C=O) groups excluding carboxylic acids is 1. The van der Waals surface area contributed by atoms with E-state index >= 15 is 0 Å². The fourth-order valence-corrected chi connectivity index (χ4v) is 4.32. The minimum absolute atomic E-state index is 0.267. The summed E-state index contributed by atoms with van der Waals surface area (Å²) in [6.45, 7) is 2.79. The van der Waals surface area contributed by atoms with Crippen LogP contribution in [0.3, 0.4) is 0 Å². The van der Waals surface area contributed by atoms with Crippen LogP contribution in [0.25, 0.3) is 0 Å². The normalized spacial score (nSPS) is 27.9. The Balaban J connectivity index is 1.80. The standard InChI is InChI=1S/C13H24N2O2S/c1-17-8-6-14-10-13(16)15-7-9-18-12-5-3-2-4-11(12)15/h11-12,14H,2-10H2,1H3. The summed E-state index contributed by atoms with van der Waals surface area (Å²) in [6, 6.07) is 0.495. The Bertz CT molecular complexity index is 274. The maximum absolute atomic E-state index is 12.2. The van der Waals surface area contributed by atoms with Gasteiger partial charge in [0.05, 0.1) is 13.2 Å². The maximum Gasteiger partial charge on any atom is 0.236 e. The highest BCUT2D eigenvalue weighted by molar-refractivity contribution is 8.00. The van der Waals surface area contributed by atoms with E-state index < -0.39 is 0 Å². The number of carbonyl (C=O) groups is 1. The van der Waals surface area contributed by atoms with E-state index in [0.717, 1.165) is 18.8 Å². The average Bonchev–Trinajstić information content (AvgIpc) is 2.43. The van der Waals surface area contributed by atoms with E-state index in [1.807, 2.05) is 0 Å². The van der Waals surface area contributed by atoms with Crippen LogP contribution in [-0.2, 0) is 9.53 Å². The molecule has 0 bridgehead atoms. The molecule has 0 radical (unpaired) electrons. The third kappa shape index (κ3) is 3.62. The summed E-state index contributed by atoms with van der Waals surface area (Å²) in [6.07, 6.45) is 5.10. The summed E-state index contributed by atoms with van der Waals surface area (Å²) in [5.41, 5.74) is 0. The van der Waals surface area contributed by atoms with Gasteiger partial charge in [0.2, 0.25) is 5.91 Å². The van der Waals surface area contributed by atoms with Crippen molar-refractivity contribution in [1.29, 1.82) is 0 Å². The van der Waals surface area contributed by atoms with Crippen molar-refractivity contribution in [2.75, 3.05) is 39.1 Å². The Labute approximate surface area is 114 Å². The van der Waals surface area contributed by atoms with Crippen LogP contribution in [0, 0.1) is 0 Å². The van der Waals surface area contributed by atoms with Gasteiger partial charge in [-0.05, 0) is 12.8 Å². The first-order valence-corrected chi connectivity index (χ1v) is 7.98. The van der Waals surface area contributed by atoms with Gasteiger partial charge in [0.1, 0.15) is 0 Å². The molecule has 1 N–H and O–H groups in total. The number of fused-ring (bicyclic) bond motifs is 1. The van der Waals surface area contributed by atoms with Crippen LogP contribution in [0.5, 0.6) is 0 Å². The van der Waals surface area contributed by atoms with Gasteiger partial charge in [0, 0.05) is 37.2 Å². The van der Waals surface area contributed by atoms with Crippen LogP contribution in [0.15, 0.2) is 0 Å². The fourth-order valence-electron chi connectivity index (χ4n) is 2.88. The van der Waals surface area contributed by atoms with E-state index in [1.165, 1.54) is 25.7 Å². The second-order valence-electron chi connectivity index (χ2n) is 5.02. The first kappa shape index (κ1) is 14.2. The molecule has 0 spiro atoms. The van der Waals surface area contributed by atoms with Gasteiger partial charge in [-0.25, -0.2) is 0 Å². The summed E-state index contributed by atoms with van der Waals surface area (Å²) in [4.78, 5) is 14.4. The smallest absolute Gasteiger partial charge is 0.236 e. The van der Waals surface area contributed by atoms with E-state index in [4.69, 9.17) is 4.74 Å². The van der Waals surface area contributed by atoms with Gasteiger partial charge in [-0.15, -0.1) is 0 Å². The molecule has 0 aromatic heterocycles. The second kappa shape index (κ2) is 7.36. The van der Waals surface area contributed by atoms with Crippen LogP contribution in [0.4, 0.5) is 0 Å². The zero-order valence-corrected chi connectivity index (χ0v) is 12.0. The first-order valence-electron chi connectivity index (χ1n) is 6.93. The Morgan fingerprint density at radius 1 is 1.44 bits per heavy atom. The highest BCUT2D eigenvalue weighted by atomic mass is 32.2. The molecule has 1 saturated heterocycles. The predicted molar refractivity (Wildman–Crippen MR) is 75.0 cm³/mol. The molecule has 2 rings (SSSR count). The first-order chi connectivity index (χ1) is 8.83. The van der Waals surface area contributed by atoms with Crippen molar-refractivity contribution in [3.63, 3.8) is 0 Å². The number of rotatable bonds is 5. The third-order valence-electron chi connectivity index (χ3n) is 3.81. The van der Waals surface area contributed by atoms with Gasteiger partial charge >= 0.3 is 0 Å². The Kier molecular flexibility index (Phi) is 5.79. The molecule has 0 aromatic rings. The summed E-state index contributed by atoms with van der Waals surface area (Å²) >= 11 is 2.07. The van der Waals surface area contributed by atoms with Gasteiger partial charge < -0.3 is 15.0 Å². The van der Waals surface area contributed by atoms with Gasteiger partial charge in [0.25, 0.3) is 0 Å². The molecule has 5 heteroatoms. The molecule has 18 heavy (non-hydrogen) atoms. The maximum atomic E-state index is 12.2. The molecular weight excluding hydrogens is 248 g/mol.